The number of fused-ring (bicyclic) bond motifs is 2. The zero-order valence-corrected chi connectivity index (χ0v) is 38.4. The lowest BCUT2D eigenvalue weighted by atomic mass is 9.87. The van der Waals surface area contributed by atoms with Crippen molar-refractivity contribution in [2.24, 2.45) is 11.7 Å². The van der Waals surface area contributed by atoms with Gasteiger partial charge >= 0.3 is 0 Å². The van der Waals surface area contributed by atoms with E-state index in [1.165, 1.54) is 0 Å². The fraction of sp³-hybridized carbons (Fsp3) is 0.440. The van der Waals surface area contributed by atoms with Gasteiger partial charge in [0.1, 0.15) is 47.0 Å². The Hall–Kier alpha value is -6.96. The van der Waals surface area contributed by atoms with Gasteiger partial charge in [0.05, 0.1) is 36.9 Å². The molecule has 69 heavy (non-hydrogen) atoms. The molecule has 1 aromatic heterocycles. The number of para-hydroxylation sites is 1. The lowest BCUT2D eigenvalue weighted by Crippen LogP contribution is -2.54. The van der Waals surface area contributed by atoms with Gasteiger partial charge in [-0.05, 0) is 92.6 Å². The first-order chi connectivity index (χ1) is 33.5. The lowest BCUT2D eigenvalue weighted by Gasteiger charge is -2.38. The van der Waals surface area contributed by atoms with E-state index < -0.39 is 35.6 Å². The van der Waals surface area contributed by atoms with E-state index in [9.17, 15) is 33.6 Å². The van der Waals surface area contributed by atoms with Crippen LogP contribution in [0.3, 0.4) is 0 Å². The van der Waals surface area contributed by atoms with Crippen LogP contribution in [0.25, 0.3) is 11.3 Å². The minimum absolute atomic E-state index is 0.0373. The van der Waals surface area contributed by atoms with E-state index in [1.807, 2.05) is 64.2 Å². The van der Waals surface area contributed by atoms with E-state index in [1.54, 1.807) is 18.2 Å². The topological polar surface area (TPSA) is 228 Å². The molecule has 3 saturated heterocycles. The standard InChI is InChI=1S/C50H57N9O10/c51-46(63)44-45(33-8-11-37(12-9-33)69-36-6-2-1-3-7-36)54-59-40(16-19-52-47(44)59)32-17-20-57(21-18-32)43(62)31-68-28-27-67-26-4-5-35(60)30-55-22-24-56(25-23-55)34-10-13-38-39(29-34)50(66)58(49(38)65)41-14-15-42(61)53-48(41)64/h1-3,6-13,29,32,40-41,52H,4-5,14-28,30-31H2,(H2,51,63)(H,53,61,64)/t40-,41?/m0/s1. The van der Waals surface area contributed by atoms with E-state index in [4.69, 9.17) is 25.0 Å². The molecule has 5 aliphatic heterocycles. The minimum Gasteiger partial charge on any atom is -0.457 e. The molecule has 0 radical (unpaired) electrons. The number of hydrogen-bond donors (Lipinski definition) is 3. The highest BCUT2D eigenvalue weighted by Gasteiger charge is 2.45. The molecule has 6 heterocycles. The molecular weight excluding hydrogens is 887 g/mol. The number of imide groups is 2. The van der Waals surface area contributed by atoms with Crippen molar-refractivity contribution in [1.29, 1.82) is 0 Å². The molecule has 19 heteroatoms. The van der Waals surface area contributed by atoms with Crippen molar-refractivity contribution in [3.05, 3.63) is 89.5 Å². The van der Waals surface area contributed by atoms with Gasteiger partial charge in [-0.25, -0.2) is 4.68 Å². The Morgan fingerprint density at radius 3 is 2.23 bits per heavy atom. The number of carbonyl (C=O) groups is 7. The maximum Gasteiger partial charge on any atom is 0.262 e. The molecule has 3 aromatic carbocycles. The number of likely N-dealkylation sites (tertiary alicyclic amines) is 1. The summed E-state index contributed by atoms with van der Waals surface area (Å²) in [6.45, 7) is 5.70. The first kappa shape index (κ1) is 47.1. The van der Waals surface area contributed by atoms with Gasteiger partial charge in [0.2, 0.25) is 17.7 Å². The van der Waals surface area contributed by atoms with Crippen molar-refractivity contribution >= 4 is 52.7 Å². The second-order valence-electron chi connectivity index (χ2n) is 18.1. The average molecular weight is 944 g/mol. The molecule has 3 fully saturated rings. The van der Waals surface area contributed by atoms with E-state index >= 15 is 0 Å². The van der Waals surface area contributed by atoms with Gasteiger partial charge in [-0.15, -0.1) is 0 Å². The molecule has 9 rings (SSSR count). The Morgan fingerprint density at radius 2 is 1.49 bits per heavy atom. The predicted octanol–water partition coefficient (Wildman–Crippen LogP) is 3.64. The van der Waals surface area contributed by atoms with Gasteiger partial charge in [0, 0.05) is 76.5 Å². The molecule has 0 bridgehead atoms. The molecule has 362 valence electrons. The average Bonchev–Trinajstić information content (AvgIpc) is 3.87. The number of anilines is 2. The van der Waals surface area contributed by atoms with Crippen molar-refractivity contribution in [2.45, 2.75) is 57.0 Å². The van der Waals surface area contributed by atoms with E-state index in [0.29, 0.717) is 101 Å². The van der Waals surface area contributed by atoms with Crippen LogP contribution in [-0.2, 0) is 28.7 Å². The van der Waals surface area contributed by atoms with Crippen molar-refractivity contribution in [2.75, 3.05) is 89.0 Å². The number of benzene rings is 3. The van der Waals surface area contributed by atoms with Gasteiger partial charge in [-0.3, -0.25) is 48.7 Å². The number of ketones is 1. The number of aromatic nitrogens is 2. The lowest BCUT2D eigenvalue weighted by molar-refractivity contribution is -0.138. The molecule has 4 aromatic rings. The van der Waals surface area contributed by atoms with E-state index in [2.05, 4.69) is 20.4 Å². The predicted molar refractivity (Wildman–Crippen MR) is 252 cm³/mol. The normalized spacial score (nSPS) is 19.8. The molecular formula is C50H57N9O10. The summed E-state index contributed by atoms with van der Waals surface area (Å²) in [7, 11) is 0. The number of nitrogens with one attached hydrogen (secondary N) is 2. The first-order valence-corrected chi connectivity index (χ1v) is 23.8. The fourth-order valence-corrected chi connectivity index (χ4v) is 10.0. The molecule has 5 aliphatic rings. The number of Topliss-reactive ketones (excluding diaryl/α,β-unsaturated/α-hetero) is 1. The minimum atomic E-state index is -1.01. The zero-order valence-electron chi connectivity index (χ0n) is 38.4. The Bertz CT molecular complexity index is 2590. The Morgan fingerprint density at radius 1 is 0.768 bits per heavy atom. The number of nitrogens with two attached hydrogens (primary N) is 1. The Balaban J connectivity index is 0.645. The number of piperidine rings is 2. The number of primary amides is 1. The number of carbonyl (C=O) groups excluding carboxylic acids is 7. The van der Waals surface area contributed by atoms with E-state index in [0.717, 1.165) is 41.2 Å². The van der Waals surface area contributed by atoms with Crippen LogP contribution in [0.2, 0.25) is 0 Å². The number of nitrogens with zero attached hydrogens (tertiary/aromatic N) is 6. The summed E-state index contributed by atoms with van der Waals surface area (Å²) >= 11 is 0. The monoisotopic (exact) mass is 943 g/mol. The quantitative estimate of drug-likeness (QED) is 0.0957. The summed E-state index contributed by atoms with van der Waals surface area (Å²) < 4.78 is 19.2. The highest BCUT2D eigenvalue weighted by Crippen LogP contribution is 2.40. The Kier molecular flexibility index (Phi) is 14.4. The summed E-state index contributed by atoms with van der Waals surface area (Å²) in [6, 6.07) is 21.1. The fourth-order valence-electron chi connectivity index (χ4n) is 10.0. The van der Waals surface area contributed by atoms with Crippen LogP contribution in [0.1, 0.15) is 82.1 Å². The molecule has 1 unspecified atom stereocenters. The number of amides is 6. The molecule has 0 saturated carbocycles. The van der Waals surface area contributed by atoms with Gasteiger partial charge in [-0.1, -0.05) is 18.2 Å². The Labute approximate surface area is 399 Å². The largest absolute Gasteiger partial charge is 0.457 e. The van der Waals surface area contributed by atoms with Gasteiger partial charge < -0.3 is 35.1 Å². The van der Waals surface area contributed by atoms with Crippen LogP contribution in [0.4, 0.5) is 11.5 Å². The molecule has 0 aliphatic carbocycles. The SMILES string of the molecule is NC(=O)c1c(-c2ccc(Oc3ccccc3)cc2)nn2c1NCC[C@H]2C1CCN(C(=O)COCCOCCCC(=O)CN2CCN(c3ccc4c(c3)C(=O)N(C3CCC(=O)NC3=O)C4=O)CC2)CC1. The van der Waals surface area contributed by atoms with E-state index in [-0.39, 0.29) is 60.8 Å². The van der Waals surface area contributed by atoms with Crippen LogP contribution in [-0.4, -0.2) is 151 Å². The van der Waals surface area contributed by atoms with Crippen LogP contribution < -0.4 is 26.0 Å². The first-order valence-electron chi connectivity index (χ1n) is 23.8. The maximum atomic E-state index is 13.3. The second kappa shape index (κ2) is 21.1. The summed E-state index contributed by atoms with van der Waals surface area (Å²) in [4.78, 5) is 96.1. The number of ether oxygens (including phenoxy) is 3. The van der Waals surface area contributed by atoms with Crippen LogP contribution in [0.5, 0.6) is 11.5 Å². The molecule has 4 N–H and O–H groups in total. The molecule has 0 spiro atoms. The van der Waals surface area contributed by atoms with Crippen molar-refractivity contribution < 1.29 is 47.8 Å². The third-order valence-corrected chi connectivity index (χ3v) is 13.6. The maximum absolute atomic E-state index is 13.3. The number of hydrogen-bond acceptors (Lipinski definition) is 14. The van der Waals surface area contributed by atoms with Crippen LogP contribution >= 0.6 is 0 Å². The van der Waals surface area contributed by atoms with Gasteiger partial charge in [-0.2, -0.15) is 5.10 Å². The highest BCUT2D eigenvalue weighted by atomic mass is 16.5. The third-order valence-electron chi connectivity index (χ3n) is 13.6. The smallest absolute Gasteiger partial charge is 0.262 e. The molecule has 2 atom stereocenters. The zero-order chi connectivity index (χ0) is 48.0. The number of rotatable bonds is 18. The second-order valence-corrected chi connectivity index (χ2v) is 18.1. The van der Waals surface area contributed by atoms with Gasteiger partial charge in [0.25, 0.3) is 17.7 Å². The van der Waals surface area contributed by atoms with Crippen LogP contribution in [0.15, 0.2) is 72.8 Å². The van der Waals surface area contributed by atoms with Crippen LogP contribution in [0, 0.1) is 5.92 Å². The van der Waals surface area contributed by atoms with Gasteiger partial charge in [0.15, 0.2) is 0 Å². The molecule has 6 amide bonds. The summed E-state index contributed by atoms with van der Waals surface area (Å²) in [6.07, 6.45) is 3.53. The summed E-state index contributed by atoms with van der Waals surface area (Å²) in [5.41, 5.74) is 8.85. The highest BCUT2D eigenvalue weighted by molar-refractivity contribution is 6.23. The van der Waals surface area contributed by atoms with Crippen molar-refractivity contribution in [1.82, 2.24) is 29.8 Å². The van der Waals surface area contributed by atoms with Crippen molar-refractivity contribution in [3.63, 3.8) is 0 Å². The summed E-state index contributed by atoms with van der Waals surface area (Å²) in [5.74, 6) is -0.361. The molecule has 19 nitrogen and oxygen atoms in total. The van der Waals surface area contributed by atoms with Crippen molar-refractivity contribution in [3.8, 4) is 22.8 Å². The third kappa shape index (κ3) is 10.5. The number of piperazine rings is 1. The summed E-state index contributed by atoms with van der Waals surface area (Å²) in [5, 5.41) is 10.5.